The molecule has 116 valence electrons. The van der Waals surface area contributed by atoms with Crippen molar-refractivity contribution in [2.24, 2.45) is 0 Å². The number of aromatic nitrogens is 2. The van der Waals surface area contributed by atoms with Crippen LogP contribution in [0.15, 0.2) is 24.4 Å². The minimum absolute atomic E-state index is 0.0261. The highest BCUT2D eigenvalue weighted by Crippen LogP contribution is 2.31. The normalized spacial score (nSPS) is 18.0. The van der Waals surface area contributed by atoms with Gasteiger partial charge in [-0.25, -0.2) is 9.37 Å². The maximum Gasteiger partial charge on any atom is 0.227 e. The van der Waals surface area contributed by atoms with Crippen LogP contribution in [0.1, 0.15) is 36.0 Å². The fourth-order valence-electron chi connectivity index (χ4n) is 2.91. The molecule has 1 N–H and O–H groups in total. The Hall–Kier alpha value is -1.88. The van der Waals surface area contributed by atoms with E-state index in [0.29, 0.717) is 6.54 Å². The summed E-state index contributed by atoms with van der Waals surface area (Å²) in [4.78, 5) is 21.8. The van der Waals surface area contributed by atoms with Crippen LogP contribution in [0.4, 0.5) is 4.39 Å². The SMILES string of the molecule is Cc1cnc([C@H]2CCCN2C(=O)Cc2c(F)cccc2Cl)[nH]1. The number of hydrogen-bond donors (Lipinski definition) is 1. The van der Waals surface area contributed by atoms with Crippen molar-refractivity contribution in [2.75, 3.05) is 6.54 Å². The summed E-state index contributed by atoms with van der Waals surface area (Å²) in [5.41, 5.74) is 1.22. The molecule has 6 heteroatoms. The van der Waals surface area contributed by atoms with E-state index in [2.05, 4.69) is 9.97 Å². The summed E-state index contributed by atoms with van der Waals surface area (Å²) in [5.74, 6) is 0.233. The number of hydrogen-bond acceptors (Lipinski definition) is 2. The van der Waals surface area contributed by atoms with E-state index in [4.69, 9.17) is 11.6 Å². The van der Waals surface area contributed by atoms with Crippen LogP contribution in [0.3, 0.4) is 0 Å². The Morgan fingerprint density at radius 2 is 2.36 bits per heavy atom. The first-order valence-electron chi connectivity index (χ1n) is 7.30. The van der Waals surface area contributed by atoms with Gasteiger partial charge in [0.05, 0.1) is 12.5 Å². The molecule has 1 aromatic heterocycles. The van der Waals surface area contributed by atoms with Gasteiger partial charge >= 0.3 is 0 Å². The summed E-state index contributed by atoms with van der Waals surface area (Å²) in [6.45, 7) is 2.59. The number of imidazole rings is 1. The fourth-order valence-corrected chi connectivity index (χ4v) is 3.14. The molecule has 3 rings (SSSR count). The highest BCUT2D eigenvalue weighted by atomic mass is 35.5. The van der Waals surface area contributed by atoms with Crippen LogP contribution in [0.2, 0.25) is 5.02 Å². The van der Waals surface area contributed by atoms with Crippen molar-refractivity contribution in [1.82, 2.24) is 14.9 Å². The maximum atomic E-state index is 13.8. The Labute approximate surface area is 133 Å². The van der Waals surface area contributed by atoms with Crippen molar-refractivity contribution in [1.29, 1.82) is 0 Å². The summed E-state index contributed by atoms with van der Waals surface area (Å²) < 4.78 is 13.8. The van der Waals surface area contributed by atoms with Gasteiger partial charge in [0.2, 0.25) is 5.91 Å². The second-order valence-corrected chi connectivity index (χ2v) is 5.98. The number of nitrogens with one attached hydrogen (secondary N) is 1. The number of aromatic amines is 1. The third-order valence-electron chi connectivity index (χ3n) is 4.00. The number of rotatable bonds is 3. The van der Waals surface area contributed by atoms with Crippen LogP contribution in [0.5, 0.6) is 0 Å². The number of benzene rings is 1. The smallest absolute Gasteiger partial charge is 0.227 e. The first-order chi connectivity index (χ1) is 10.6. The highest BCUT2D eigenvalue weighted by Gasteiger charge is 2.32. The van der Waals surface area contributed by atoms with Gasteiger partial charge in [-0.1, -0.05) is 17.7 Å². The monoisotopic (exact) mass is 321 g/mol. The molecule has 22 heavy (non-hydrogen) atoms. The summed E-state index contributed by atoms with van der Waals surface area (Å²) in [5, 5.41) is 0.290. The summed E-state index contributed by atoms with van der Waals surface area (Å²) in [7, 11) is 0. The van der Waals surface area contributed by atoms with Crippen molar-refractivity contribution in [2.45, 2.75) is 32.2 Å². The van der Waals surface area contributed by atoms with Gasteiger partial charge in [0.25, 0.3) is 0 Å². The average Bonchev–Trinajstić information content (AvgIpc) is 3.11. The lowest BCUT2D eigenvalue weighted by Gasteiger charge is -2.23. The topological polar surface area (TPSA) is 49.0 Å². The van der Waals surface area contributed by atoms with Gasteiger partial charge in [-0.3, -0.25) is 4.79 Å². The molecule has 1 aliphatic heterocycles. The van der Waals surface area contributed by atoms with Gasteiger partial charge in [0, 0.05) is 29.0 Å². The fraction of sp³-hybridized carbons (Fsp3) is 0.375. The molecular formula is C16H17ClFN3O. The van der Waals surface area contributed by atoms with Crippen LogP contribution in [0.25, 0.3) is 0 Å². The van der Waals surface area contributed by atoms with Crippen molar-refractivity contribution < 1.29 is 9.18 Å². The van der Waals surface area contributed by atoms with Gasteiger partial charge < -0.3 is 9.88 Å². The van der Waals surface area contributed by atoms with Crippen molar-refractivity contribution in [3.05, 3.63) is 52.3 Å². The van der Waals surface area contributed by atoms with Crippen LogP contribution >= 0.6 is 11.6 Å². The van der Waals surface area contributed by atoms with Gasteiger partial charge in [-0.05, 0) is 31.9 Å². The molecule has 0 unspecified atom stereocenters. The third kappa shape index (κ3) is 2.86. The minimum atomic E-state index is -0.439. The number of nitrogens with zero attached hydrogens (tertiary/aromatic N) is 2. The molecule has 1 aromatic carbocycles. The lowest BCUT2D eigenvalue weighted by atomic mass is 10.1. The Bertz CT molecular complexity index is 680. The number of H-pyrrole nitrogens is 1. The van der Waals surface area contributed by atoms with Crippen LogP contribution < -0.4 is 0 Å². The predicted octanol–water partition coefficient (Wildman–Crippen LogP) is 3.42. The Morgan fingerprint density at radius 1 is 1.55 bits per heavy atom. The van der Waals surface area contributed by atoms with Gasteiger partial charge in [-0.15, -0.1) is 0 Å². The molecule has 0 spiro atoms. The van der Waals surface area contributed by atoms with Gasteiger partial charge in [0.1, 0.15) is 11.6 Å². The molecule has 4 nitrogen and oxygen atoms in total. The number of likely N-dealkylation sites (tertiary alicyclic amines) is 1. The first-order valence-corrected chi connectivity index (χ1v) is 7.68. The Kier molecular flexibility index (Phi) is 4.16. The quantitative estimate of drug-likeness (QED) is 0.941. The van der Waals surface area contributed by atoms with E-state index in [1.165, 1.54) is 12.1 Å². The van der Waals surface area contributed by atoms with Crippen LogP contribution in [0, 0.1) is 12.7 Å². The molecule has 1 aliphatic rings. The average molecular weight is 322 g/mol. The van der Waals surface area contributed by atoms with E-state index >= 15 is 0 Å². The lowest BCUT2D eigenvalue weighted by Crippen LogP contribution is -2.32. The molecule has 1 saturated heterocycles. The zero-order chi connectivity index (χ0) is 15.7. The van der Waals surface area contributed by atoms with E-state index in [0.717, 1.165) is 24.4 Å². The minimum Gasteiger partial charge on any atom is -0.344 e. The van der Waals surface area contributed by atoms with E-state index in [9.17, 15) is 9.18 Å². The Balaban J connectivity index is 1.79. The number of amides is 1. The summed E-state index contributed by atoms with van der Waals surface area (Å²) in [6.07, 6.45) is 3.51. The van der Waals surface area contributed by atoms with Gasteiger partial charge in [-0.2, -0.15) is 0 Å². The van der Waals surface area contributed by atoms with E-state index < -0.39 is 5.82 Å². The molecule has 0 saturated carbocycles. The van der Waals surface area contributed by atoms with Crippen molar-refractivity contribution in [3.63, 3.8) is 0 Å². The maximum absolute atomic E-state index is 13.8. The van der Waals surface area contributed by atoms with E-state index in [1.54, 1.807) is 17.2 Å². The van der Waals surface area contributed by atoms with Gasteiger partial charge in [0.15, 0.2) is 0 Å². The molecule has 2 aromatic rings. The zero-order valence-electron chi connectivity index (χ0n) is 12.3. The molecule has 1 atom stereocenters. The molecule has 1 fully saturated rings. The molecule has 2 heterocycles. The highest BCUT2D eigenvalue weighted by molar-refractivity contribution is 6.31. The molecular weight excluding hydrogens is 305 g/mol. The molecule has 1 amide bonds. The largest absolute Gasteiger partial charge is 0.344 e. The lowest BCUT2D eigenvalue weighted by molar-refractivity contribution is -0.131. The van der Waals surface area contributed by atoms with E-state index in [1.807, 2.05) is 6.92 Å². The molecule has 0 aliphatic carbocycles. The predicted molar refractivity (Wildman–Crippen MR) is 82.1 cm³/mol. The second-order valence-electron chi connectivity index (χ2n) is 5.57. The number of aryl methyl sites for hydroxylation is 1. The van der Waals surface area contributed by atoms with Crippen LogP contribution in [-0.4, -0.2) is 27.3 Å². The van der Waals surface area contributed by atoms with E-state index in [-0.39, 0.29) is 29.0 Å². The summed E-state index contributed by atoms with van der Waals surface area (Å²) in [6, 6.07) is 4.40. The molecule has 0 radical (unpaired) electrons. The van der Waals surface area contributed by atoms with Crippen molar-refractivity contribution in [3.8, 4) is 0 Å². The summed E-state index contributed by atoms with van der Waals surface area (Å²) >= 11 is 6.01. The van der Waals surface area contributed by atoms with Crippen LogP contribution in [-0.2, 0) is 11.2 Å². The standard InChI is InChI=1S/C16H17ClFN3O/c1-10-9-19-16(20-10)14-6-3-7-21(14)15(22)8-11-12(17)4-2-5-13(11)18/h2,4-5,9,14H,3,6-8H2,1H3,(H,19,20)/t14-/m1/s1. The Morgan fingerprint density at radius 3 is 3.05 bits per heavy atom. The molecule has 0 bridgehead atoms. The number of carbonyl (C=O) groups is 1. The third-order valence-corrected chi connectivity index (χ3v) is 4.36. The second kappa shape index (κ2) is 6.08. The first kappa shape index (κ1) is 15.0. The van der Waals surface area contributed by atoms with Crippen molar-refractivity contribution >= 4 is 17.5 Å². The number of halogens is 2. The number of carbonyl (C=O) groups excluding carboxylic acids is 1. The zero-order valence-corrected chi connectivity index (χ0v) is 13.0.